The molecule has 0 aliphatic carbocycles. The first-order valence-corrected chi connectivity index (χ1v) is 8.33. The van der Waals surface area contributed by atoms with Crippen LogP contribution in [0.3, 0.4) is 0 Å². The maximum atomic E-state index is 12.3. The van der Waals surface area contributed by atoms with Crippen molar-refractivity contribution >= 4 is 29.6 Å². The van der Waals surface area contributed by atoms with Crippen LogP contribution in [0.4, 0.5) is 8.78 Å². The minimum atomic E-state index is -2.47. The molecule has 2 rings (SSSR count). The second-order valence-electron chi connectivity index (χ2n) is 4.94. The van der Waals surface area contributed by atoms with Crippen molar-refractivity contribution in [1.82, 2.24) is 0 Å². The maximum absolute atomic E-state index is 12.3. The molecule has 0 atom stereocenters. The zero-order valence-electron chi connectivity index (χ0n) is 13.6. The second kappa shape index (κ2) is 8.62. The molecule has 0 fully saturated rings. The number of ether oxygens (including phenoxy) is 1. The molecule has 0 amide bonds. The Kier molecular flexibility index (Phi) is 6.52. The number of halogens is 2. The number of esters is 1. The summed E-state index contributed by atoms with van der Waals surface area (Å²) >= 11 is 0.465. The largest absolute Gasteiger partial charge is 0.462 e. The number of ketones is 1. The fourth-order valence-corrected chi connectivity index (χ4v) is 2.54. The van der Waals surface area contributed by atoms with Crippen molar-refractivity contribution in [3.8, 4) is 11.3 Å². The van der Waals surface area contributed by atoms with E-state index in [0.29, 0.717) is 33.7 Å². The van der Waals surface area contributed by atoms with Crippen LogP contribution in [0.2, 0.25) is 0 Å². The minimum Gasteiger partial charge on any atom is -0.462 e. The van der Waals surface area contributed by atoms with Crippen LogP contribution in [-0.4, -0.2) is 24.1 Å². The molecular weight excluding hydrogens is 350 g/mol. The van der Waals surface area contributed by atoms with Crippen molar-refractivity contribution in [3.63, 3.8) is 0 Å². The molecule has 1 aromatic heterocycles. The number of carbonyl (C=O) groups is 2. The summed E-state index contributed by atoms with van der Waals surface area (Å²) in [6, 6.07) is 9.75. The summed E-state index contributed by atoms with van der Waals surface area (Å²) in [7, 11) is 0. The summed E-state index contributed by atoms with van der Waals surface area (Å²) in [6.07, 6.45) is 1.32. The molecule has 0 aliphatic heterocycles. The van der Waals surface area contributed by atoms with Crippen molar-refractivity contribution in [2.24, 2.45) is 0 Å². The van der Waals surface area contributed by atoms with Crippen molar-refractivity contribution in [3.05, 3.63) is 47.7 Å². The molecule has 4 nitrogen and oxygen atoms in total. The van der Waals surface area contributed by atoms with Gasteiger partial charge in [-0.2, -0.15) is 8.78 Å². The van der Waals surface area contributed by atoms with Gasteiger partial charge >= 0.3 is 5.97 Å². The lowest BCUT2D eigenvalue weighted by Gasteiger charge is -2.03. The number of benzene rings is 1. The molecule has 0 N–H and O–H groups in total. The summed E-state index contributed by atoms with van der Waals surface area (Å²) in [5.41, 5.74) is 0.588. The van der Waals surface area contributed by atoms with E-state index >= 15 is 0 Å². The van der Waals surface area contributed by atoms with Crippen LogP contribution in [0.15, 0.2) is 51.3 Å². The number of alkyl halides is 2. The average Bonchev–Trinajstić information content (AvgIpc) is 3.01. The van der Waals surface area contributed by atoms with E-state index in [4.69, 9.17) is 9.15 Å². The monoisotopic (exact) mass is 366 g/mol. The molecule has 2 aromatic rings. The van der Waals surface area contributed by atoms with E-state index in [1.54, 1.807) is 43.3 Å². The Morgan fingerprint density at radius 3 is 2.44 bits per heavy atom. The number of Topliss-reactive ketones (excluding diaryl/α,β-unsaturated/α-hetero) is 1. The fraction of sp³-hybridized carbons (Fsp3) is 0.222. The lowest BCUT2D eigenvalue weighted by atomic mass is 10.1. The van der Waals surface area contributed by atoms with Crippen LogP contribution in [0, 0.1) is 0 Å². The third-order valence-electron chi connectivity index (χ3n) is 3.15. The zero-order valence-corrected chi connectivity index (χ0v) is 14.4. The van der Waals surface area contributed by atoms with Crippen molar-refractivity contribution in [2.75, 3.05) is 6.61 Å². The molecule has 0 spiro atoms. The topological polar surface area (TPSA) is 56.5 Å². The Hall–Kier alpha value is -2.41. The third-order valence-corrected chi connectivity index (χ3v) is 3.87. The Morgan fingerprint density at radius 1 is 1.20 bits per heavy atom. The van der Waals surface area contributed by atoms with E-state index in [9.17, 15) is 18.4 Å². The van der Waals surface area contributed by atoms with Gasteiger partial charge in [0.25, 0.3) is 5.76 Å². The molecule has 0 unspecified atom stereocenters. The molecule has 0 aliphatic rings. The van der Waals surface area contributed by atoms with Gasteiger partial charge in [-0.1, -0.05) is 23.9 Å². The number of furan rings is 1. The Labute approximate surface area is 147 Å². The predicted octanol–water partition coefficient (Wildman–Crippen LogP) is 4.80. The highest BCUT2D eigenvalue weighted by Gasteiger charge is 2.17. The molecule has 0 radical (unpaired) electrons. The highest BCUT2D eigenvalue weighted by atomic mass is 32.2. The average molecular weight is 366 g/mol. The van der Waals surface area contributed by atoms with Crippen LogP contribution in [-0.2, 0) is 14.3 Å². The smallest absolute Gasteiger partial charge is 0.341 e. The van der Waals surface area contributed by atoms with Crippen LogP contribution in [0.25, 0.3) is 17.4 Å². The first-order chi connectivity index (χ1) is 11.9. The lowest BCUT2D eigenvalue weighted by Crippen LogP contribution is -2.13. The first-order valence-electron chi connectivity index (χ1n) is 7.45. The van der Waals surface area contributed by atoms with Gasteiger partial charge in [0.2, 0.25) is 0 Å². The van der Waals surface area contributed by atoms with Crippen molar-refractivity contribution in [1.29, 1.82) is 0 Å². The lowest BCUT2D eigenvalue weighted by molar-refractivity contribution is -0.139. The standard InChI is InChI=1S/C18H16F2O4S/c1-3-23-17(22)15(11(2)21)10-13-6-9-16(24-13)12-4-7-14(8-5-12)25-18(19)20/h4-10,18H,3H2,1-2H3. The number of thioether (sulfide) groups is 1. The maximum Gasteiger partial charge on any atom is 0.341 e. The van der Waals surface area contributed by atoms with Crippen molar-refractivity contribution < 1.29 is 27.5 Å². The predicted molar refractivity (Wildman–Crippen MR) is 91.3 cm³/mol. The highest BCUT2D eigenvalue weighted by Crippen LogP contribution is 2.29. The normalized spacial score (nSPS) is 11.6. The number of hydrogen-bond donors (Lipinski definition) is 0. The van der Waals surface area contributed by atoms with Crippen LogP contribution >= 0.6 is 11.8 Å². The Bertz CT molecular complexity index is 779. The number of carbonyl (C=O) groups excluding carboxylic acids is 2. The summed E-state index contributed by atoms with van der Waals surface area (Å²) in [5.74, 6) is -2.80. The molecule has 1 heterocycles. The van der Waals surface area contributed by atoms with E-state index in [-0.39, 0.29) is 12.2 Å². The van der Waals surface area contributed by atoms with Gasteiger partial charge in [0.05, 0.1) is 6.61 Å². The van der Waals surface area contributed by atoms with Gasteiger partial charge in [-0.25, -0.2) is 4.79 Å². The molecule has 132 valence electrons. The van der Waals surface area contributed by atoms with E-state index in [1.807, 2.05) is 0 Å². The summed E-state index contributed by atoms with van der Waals surface area (Å²) in [5, 5.41) is 0. The van der Waals surface area contributed by atoms with Gasteiger partial charge in [0.1, 0.15) is 17.1 Å². The van der Waals surface area contributed by atoms with Crippen LogP contribution in [0.5, 0.6) is 0 Å². The molecule has 0 saturated heterocycles. The van der Waals surface area contributed by atoms with E-state index in [1.165, 1.54) is 13.0 Å². The van der Waals surface area contributed by atoms with Gasteiger partial charge in [0.15, 0.2) is 5.78 Å². The van der Waals surface area contributed by atoms with E-state index in [2.05, 4.69) is 0 Å². The highest BCUT2D eigenvalue weighted by molar-refractivity contribution is 7.99. The molecule has 0 saturated carbocycles. The molecule has 25 heavy (non-hydrogen) atoms. The quantitative estimate of drug-likeness (QED) is 0.232. The Balaban J connectivity index is 2.22. The fourth-order valence-electron chi connectivity index (χ4n) is 2.04. The molecule has 1 aromatic carbocycles. The van der Waals surface area contributed by atoms with E-state index < -0.39 is 17.5 Å². The summed E-state index contributed by atoms with van der Waals surface area (Å²) in [4.78, 5) is 23.8. The molecule has 7 heteroatoms. The van der Waals surface area contributed by atoms with Gasteiger partial charge in [0, 0.05) is 10.5 Å². The zero-order chi connectivity index (χ0) is 18.4. The van der Waals surface area contributed by atoms with Crippen LogP contribution in [0.1, 0.15) is 19.6 Å². The van der Waals surface area contributed by atoms with E-state index in [0.717, 1.165) is 0 Å². The molecular formula is C18H16F2O4S. The summed E-state index contributed by atoms with van der Waals surface area (Å²) in [6.45, 7) is 3.08. The number of rotatable bonds is 7. The van der Waals surface area contributed by atoms with Gasteiger partial charge in [-0.3, -0.25) is 4.79 Å². The van der Waals surface area contributed by atoms with Gasteiger partial charge in [-0.05, 0) is 44.2 Å². The Morgan fingerprint density at radius 2 is 1.88 bits per heavy atom. The van der Waals surface area contributed by atoms with Gasteiger partial charge < -0.3 is 9.15 Å². The first kappa shape index (κ1) is 18.9. The molecule has 0 bridgehead atoms. The minimum absolute atomic E-state index is 0.105. The van der Waals surface area contributed by atoms with Gasteiger partial charge in [-0.15, -0.1) is 0 Å². The van der Waals surface area contributed by atoms with Crippen LogP contribution < -0.4 is 0 Å². The SMILES string of the molecule is CCOC(=O)C(=Cc1ccc(-c2ccc(SC(F)F)cc2)o1)C(C)=O. The third kappa shape index (κ3) is 5.29. The number of hydrogen-bond acceptors (Lipinski definition) is 5. The van der Waals surface area contributed by atoms with Crippen molar-refractivity contribution in [2.45, 2.75) is 24.5 Å². The second-order valence-corrected chi connectivity index (χ2v) is 6.00. The summed E-state index contributed by atoms with van der Waals surface area (Å²) < 4.78 is 35.1.